The minimum Gasteiger partial charge on any atom is -0.508 e. The van der Waals surface area contributed by atoms with Gasteiger partial charge in [0.25, 0.3) is 0 Å². The number of phenolic OH excluding ortho intramolecular Hbond substituents is 1. The van der Waals surface area contributed by atoms with Crippen LogP contribution in [0.4, 0.5) is 4.79 Å². The van der Waals surface area contributed by atoms with Crippen molar-refractivity contribution in [3.63, 3.8) is 0 Å². The van der Waals surface area contributed by atoms with Gasteiger partial charge >= 0.3 is 12.1 Å². The molecule has 2 unspecified atom stereocenters. The zero-order valence-corrected chi connectivity index (χ0v) is 20.8. The number of benzene rings is 1. The maximum atomic E-state index is 13.4. The number of alkyl carbamates (subject to hydrolysis) is 1. The van der Waals surface area contributed by atoms with E-state index in [1.807, 2.05) is 6.92 Å². The summed E-state index contributed by atoms with van der Waals surface area (Å²) in [5.74, 6) is -1.72. The third kappa shape index (κ3) is 9.29. The van der Waals surface area contributed by atoms with E-state index >= 15 is 0 Å². The molecule has 1 aromatic carbocycles. The van der Waals surface area contributed by atoms with Crippen molar-refractivity contribution < 1.29 is 33.8 Å². The number of amides is 3. The molecule has 2 atom stereocenters. The number of nitrogens with zero attached hydrogens (tertiary/aromatic N) is 1. The van der Waals surface area contributed by atoms with Gasteiger partial charge in [0.05, 0.1) is 13.0 Å². The monoisotopic (exact) mass is 479 g/mol. The van der Waals surface area contributed by atoms with Crippen molar-refractivity contribution in [3.05, 3.63) is 29.8 Å². The molecule has 1 rings (SSSR count). The maximum absolute atomic E-state index is 13.4. The van der Waals surface area contributed by atoms with Crippen molar-refractivity contribution in [2.45, 2.75) is 72.1 Å². The topological polar surface area (TPSA) is 134 Å². The number of ether oxygens (including phenoxy) is 2. The van der Waals surface area contributed by atoms with Gasteiger partial charge < -0.3 is 30.1 Å². The predicted molar refractivity (Wildman–Crippen MR) is 126 cm³/mol. The van der Waals surface area contributed by atoms with Crippen LogP contribution in [0, 0.1) is 0 Å². The number of phenols is 1. The lowest BCUT2D eigenvalue weighted by atomic mass is 10.0. The van der Waals surface area contributed by atoms with Crippen LogP contribution in [-0.2, 0) is 23.9 Å². The minimum atomic E-state index is -1.18. The van der Waals surface area contributed by atoms with Gasteiger partial charge in [-0.05, 0) is 47.1 Å². The zero-order valence-electron chi connectivity index (χ0n) is 20.8. The molecule has 0 spiro atoms. The smallest absolute Gasteiger partial charge is 0.408 e. The van der Waals surface area contributed by atoms with Crippen LogP contribution < -0.4 is 10.6 Å². The highest BCUT2D eigenvalue weighted by molar-refractivity contribution is 5.92. The van der Waals surface area contributed by atoms with Crippen LogP contribution in [0.3, 0.4) is 0 Å². The van der Waals surface area contributed by atoms with Gasteiger partial charge in [0.2, 0.25) is 11.8 Å². The molecular weight excluding hydrogens is 442 g/mol. The number of carbonyl (C=O) groups is 4. The van der Waals surface area contributed by atoms with Crippen molar-refractivity contribution in [1.82, 2.24) is 15.5 Å². The molecule has 0 aromatic heterocycles. The lowest BCUT2D eigenvalue weighted by Crippen LogP contribution is -2.52. The molecule has 0 radical (unpaired) electrons. The lowest BCUT2D eigenvalue weighted by molar-refractivity contribution is -0.144. The van der Waals surface area contributed by atoms with Crippen LogP contribution in [0.2, 0.25) is 0 Å². The molecule has 3 amide bonds. The molecule has 0 fully saturated rings. The van der Waals surface area contributed by atoms with Gasteiger partial charge in [-0.2, -0.15) is 0 Å². The van der Waals surface area contributed by atoms with Gasteiger partial charge in [-0.1, -0.05) is 25.1 Å². The molecule has 0 aliphatic heterocycles. The Hall–Kier alpha value is -3.30. The molecule has 34 heavy (non-hydrogen) atoms. The van der Waals surface area contributed by atoms with Gasteiger partial charge in [0, 0.05) is 18.7 Å². The summed E-state index contributed by atoms with van der Waals surface area (Å²) in [6.07, 6.45) is -0.279. The van der Waals surface area contributed by atoms with Gasteiger partial charge in [0.15, 0.2) is 0 Å². The van der Waals surface area contributed by atoms with E-state index < -0.39 is 41.6 Å². The molecule has 10 heteroatoms. The Bertz CT molecular complexity index is 851. The van der Waals surface area contributed by atoms with Crippen LogP contribution in [0.1, 0.15) is 66.0 Å². The molecule has 0 aliphatic carbocycles. The van der Waals surface area contributed by atoms with E-state index in [0.29, 0.717) is 6.42 Å². The molecule has 0 bridgehead atoms. The number of aromatic hydroxyl groups is 1. The number of carbonyl (C=O) groups excluding carboxylic acids is 4. The zero-order chi connectivity index (χ0) is 25.9. The summed E-state index contributed by atoms with van der Waals surface area (Å²) in [5.41, 5.74) is -0.518. The van der Waals surface area contributed by atoms with Crippen molar-refractivity contribution in [3.8, 4) is 5.75 Å². The lowest BCUT2D eigenvalue weighted by Gasteiger charge is -2.33. The highest BCUT2D eigenvalue weighted by atomic mass is 16.6. The fourth-order valence-electron chi connectivity index (χ4n) is 3.19. The fourth-order valence-corrected chi connectivity index (χ4v) is 3.19. The van der Waals surface area contributed by atoms with E-state index in [0.717, 1.165) is 0 Å². The second kappa shape index (κ2) is 13.4. The van der Waals surface area contributed by atoms with E-state index in [4.69, 9.17) is 9.47 Å². The SMILES string of the molecule is CCCN(C(=O)C(C)NC(=O)OC(C)(C)C)C(C(=O)NCCC(=O)OCC)c1ccccc1O. The molecule has 0 heterocycles. The third-order valence-electron chi connectivity index (χ3n) is 4.58. The highest BCUT2D eigenvalue weighted by Gasteiger charge is 2.35. The van der Waals surface area contributed by atoms with Crippen LogP contribution in [0.5, 0.6) is 5.75 Å². The Balaban J connectivity index is 3.17. The number of hydrogen-bond acceptors (Lipinski definition) is 7. The summed E-state index contributed by atoms with van der Waals surface area (Å²) < 4.78 is 10.1. The van der Waals surface area contributed by atoms with Crippen molar-refractivity contribution in [1.29, 1.82) is 0 Å². The average Bonchev–Trinajstić information content (AvgIpc) is 2.72. The summed E-state index contributed by atoms with van der Waals surface area (Å²) in [4.78, 5) is 51.7. The standard InChI is InChI=1S/C24H37N3O7/c1-7-15-27(22(31)16(3)26-23(32)34-24(4,5)6)20(17-11-9-10-12-18(17)28)21(30)25-14-13-19(29)33-8-2/h9-12,16,20,28H,7-8,13-15H2,1-6H3,(H,25,30)(H,26,32). The quantitative estimate of drug-likeness (QED) is 0.415. The van der Waals surface area contributed by atoms with Gasteiger partial charge in [-0.25, -0.2) is 4.79 Å². The normalized spacial score (nSPS) is 12.8. The molecule has 0 saturated carbocycles. The second-order valence-electron chi connectivity index (χ2n) is 8.71. The van der Waals surface area contributed by atoms with E-state index in [9.17, 15) is 24.3 Å². The molecule has 190 valence electrons. The number of esters is 1. The Kier molecular flexibility index (Phi) is 11.3. The van der Waals surface area contributed by atoms with Crippen LogP contribution in [-0.4, -0.2) is 65.2 Å². The predicted octanol–water partition coefficient (Wildman–Crippen LogP) is 2.65. The second-order valence-corrected chi connectivity index (χ2v) is 8.71. The van der Waals surface area contributed by atoms with E-state index in [1.54, 1.807) is 45.9 Å². The molecule has 3 N–H and O–H groups in total. The molecule has 1 aromatic rings. The number of hydrogen-bond donors (Lipinski definition) is 3. The van der Waals surface area contributed by atoms with E-state index in [2.05, 4.69) is 10.6 Å². The number of rotatable bonds is 11. The number of nitrogens with one attached hydrogen (secondary N) is 2. The maximum Gasteiger partial charge on any atom is 0.408 e. The first kappa shape index (κ1) is 28.7. The highest BCUT2D eigenvalue weighted by Crippen LogP contribution is 2.29. The average molecular weight is 480 g/mol. The van der Waals surface area contributed by atoms with Gasteiger partial charge in [-0.3, -0.25) is 14.4 Å². The van der Waals surface area contributed by atoms with E-state index in [-0.39, 0.29) is 37.4 Å². The van der Waals surface area contributed by atoms with Gasteiger partial charge in [-0.15, -0.1) is 0 Å². The summed E-state index contributed by atoms with van der Waals surface area (Å²) in [7, 11) is 0. The van der Waals surface area contributed by atoms with Gasteiger partial charge in [0.1, 0.15) is 23.4 Å². The Morgan fingerprint density at radius 3 is 2.32 bits per heavy atom. The Morgan fingerprint density at radius 2 is 1.76 bits per heavy atom. The van der Waals surface area contributed by atoms with E-state index in [1.165, 1.54) is 17.9 Å². The molecular formula is C24H37N3O7. The Morgan fingerprint density at radius 1 is 1.12 bits per heavy atom. The summed E-state index contributed by atoms with van der Waals surface area (Å²) in [6.45, 7) is 10.6. The van der Waals surface area contributed by atoms with Crippen molar-refractivity contribution in [2.24, 2.45) is 0 Å². The van der Waals surface area contributed by atoms with Crippen LogP contribution in [0.15, 0.2) is 24.3 Å². The first-order valence-electron chi connectivity index (χ1n) is 11.4. The molecule has 0 aliphatic rings. The third-order valence-corrected chi connectivity index (χ3v) is 4.58. The first-order chi connectivity index (χ1) is 15.9. The summed E-state index contributed by atoms with van der Waals surface area (Å²) in [6, 6.07) is 4.04. The Labute approximate surface area is 201 Å². The van der Waals surface area contributed by atoms with Crippen LogP contribution in [0.25, 0.3) is 0 Å². The molecule has 10 nitrogen and oxygen atoms in total. The van der Waals surface area contributed by atoms with Crippen LogP contribution >= 0.6 is 0 Å². The number of para-hydroxylation sites is 1. The van der Waals surface area contributed by atoms with Crippen molar-refractivity contribution in [2.75, 3.05) is 19.7 Å². The summed E-state index contributed by atoms with van der Waals surface area (Å²) >= 11 is 0. The van der Waals surface area contributed by atoms with Crippen molar-refractivity contribution >= 4 is 23.9 Å². The minimum absolute atomic E-state index is 0.00162. The molecule has 0 saturated heterocycles. The largest absolute Gasteiger partial charge is 0.508 e. The fraction of sp³-hybridized carbons (Fsp3) is 0.583. The summed E-state index contributed by atoms with van der Waals surface area (Å²) in [5, 5.41) is 15.6. The first-order valence-corrected chi connectivity index (χ1v) is 11.4.